The largest absolute Gasteiger partial charge is 0.317 e. The lowest BCUT2D eigenvalue weighted by molar-refractivity contribution is -0.0145. The highest BCUT2D eigenvalue weighted by atomic mass is 15.3. The van der Waals surface area contributed by atoms with Gasteiger partial charge in [-0.1, -0.05) is 0 Å². The number of aromatic nitrogens is 3. The molecule has 0 atom stereocenters. The summed E-state index contributed by atoms with van der Waals surface area (Å²) in [5.41, 5.74) is 0. The van der Waals surface area contributed by atoms with Crippen molar-refractivity contribution in [2.24, 2.45) is 23.7 Å². The van der Waals surface area contributed by atoms with E-state index >= 15 is 0 Å². The summed E-state index contributed by atoms with van der Waals surface area (Å²) in [5.74, 6) is 5.08. The maximum Gasteiger partial charge on any atom is 0.146 e. The summed E-state index contributed by atoms with van der Waals surface area (Å²) in [6.07, 6.45) is 9.28. The highest BCUT2D eigenvalue weighted by Crippen LogP contribution is 2.53. The molecule has 1 N–H and O–H groups in total. The van der Waals surface area contributed by atoms with Crippen LogP contribution in [-0.2, 0) is 13.1 Å². The molecule has 4 heteroatoms. The standard InChI is InChI=1S/C15H24N4/c1-2-19-9-17-18-14(19)8-16-15-12-4-10-3-11(6-12)7-13(15)5-10/h9-13,15-16H,2-8H2,1H3. The first-order valence-electron chi connectivity index (χ1n) is 7.93. The predicted molar refractivity (Wildman–Crippen MR) is 73.4 cm³/mol. The van der Waals surface area contributed by atoms with Gasteiger partial charge in [0.25, 0.3) is 0 Å². The normalized spacial score (nSPS) is 39.9. The molecule has 0 unspecified atom stereocenters. The van der Waals surface area contributed by atoms with E-state index in [2.05, 4.69) is 27.0 Å². The zero-order chi connectivity index (χ0) is 12.8. The van der Waals surface area contributed by atoms with Crippen LogP contribution in [0.15, 0.2) is 6.33 Å². The summed E-state index contributed by atoms with van der Waals surface area (Å²) in [5, 5.41) is 12.1. The van der Waals surface area contributed by atoms with Crippen molar-refractivity contribution in [3.8, 4) is 0 Å². The molecule has 4 aliphatic carbocycles. The van der Waals surface area contributed by atoms with E-state index in [0.29, 0.717) is 0 Å². The molecule has 4 fully saturated rings. The molecule has 1 aromatic rings. The minimum atomic E-state index is 0.745. The van der Waals surface area contributed by atoms with Gasteiger partial charge < -0.3 is 9.88 Å². The average Bonchev–Trinajstić information content (AvgIpc) is 2.84. The van der Waals surface area contributed by atoms with Gasteiger partial charge >= 0.3 is 0 Å². The van der Waals surface area contributed by atoms with Gasteiger partial charge in [0.15, 0.2) is 0 Å². The molecule has 5 rings (SSSR count). The van der Waals surface area contributed by atoms with Crippen LogP contribution in [0.4, 0.5) is 0 Å². The smallest absolute Gasteiger partial charge is 0.146 e. The van der Waals surface area contributed by atoms with Gasteiger partial charge in [-0.3, -0.25) is 0 Å². The van der Waals surface area contributed by atoms with Crippen molar-refractivity contribution in [1.29, 1.82) is 0 Å². The van der Waals surface area contributed by atoms with Gasteiger partial charge in [-0.2, -0.15) is 0 Å². The molecule has 4 aliphatic rings. The molecule has 1 heterocycles. The first-order chi connectivity index (χ1) is 9.33. The fourth-order valence-corrected chi connectivity index (χ4v) is 5.15. The van der Waals surface area contributed by atoms with E-state index in [-0.39, 0.29) is 0 Å². The summed E-state index contributed by atoms with van der Waals surface area (Å²) in [6, 6.07) is 0.745. The summed E-state index contributed by atoms with van der Waals surface area (Å²) in [4.78, 5) is 0. The molecular weight excluding hydrogens is 236 g/mol. The van der Waals surface area contributed by atoms with Crippen LogP contribution in [0.1, 0.15) is 44.9 Å². The van der Waals surface area contributed by atoms with Crippen molar-refractivity contribution in [1.82, 2.24) is 20.1 Å². The lowest BCUT2D eigenvalue weighted by atomic mass is 9.54. The SMILES string of the molecule is CCn1cnnc1CNC1C2CC3CC(C2)CC1C3. The van der Waals surface area contributed by atoms with Crippen LogP contribution in [0, 0.1) is 23.7 Å². The van der Waals surface area contributed by atoms with Crippen molar-refractivity contribution in [3.63, 3.8) is 0 Å². The number of aryl methyl sites for hydroxylation is 1. The summed E-state index contributed by atoms with van der Waals surface area (Å²) in [7, 11) is 0. The quantitative estimate of drug-likeness (QED) is 0.902. The third kappa shape index (κ3) is 2.00. The van der Waals surface area contributed by atoms with Gasteiger partial charge in [-0.05, 0) is 62.7 Å². The second-order valence-electron chi connectivity index (χ2n) is 6.87. The second-order valence-corrected chi connectivity index (χ2v) is 6.87. The lowest BCUT2D eigenvalue weighted by Crippen LogP contribution is -2.54. The molecule has 0 radical (unpaired) electrons. The number of hydrogen-bond donors (Lipinski definition) is 1. The molecule has 0 aromatic carbocycles. The van der Waals surface area contributed by atoms with Crippen LogP contribution < -0.4 is 5.32 Å². The summed E-state index contributed by atoms with van der Waals surface area (Å²) in [6.45, 7) is 4.00. The Morgan fingerprint density at radius 3 is 2.47 bits per heavy atom. The van der Waals surface area contributed by atoms with Crippen LogP contribution in [0.2, 0.25) is 0 Å². The van der Waals surface area contributed by atoms with Gasteiger partial charge in [0, 0.05) is 12.6 Å². The number of hydrogen-bond acceptors (Lipinski definition) is 3. The van der Waals surface area contributed by atoms with Crippen molar-refractivity contribution in [2.75, 3.05) is 0 Å². The zero-order valence-electron chi connectivity index (χ0n) is 11.8. The number of nitrogens with zero attached hydrogens (tertiary/aromatic N) is 3. The molecule has 0 amide bonds. The van der Waals surface area contributed by atoms with E-state index in [9.17, 15) is 0 Å². The zero-order valence-corrected chi connectivity index (χ0v) is 11.8. The van der Waals surface area contributed by atoms with Crippen LogP contribution >= 0.6 is 0 Å². The number of nitrogens with one attached hydrogen (secondary N) is 1. The van der Waals surface area contributed by atoms with E-state index < -0.39 is 0 Å². The molecular formula is C15H24N4. The van der Waals surface area contributed by atoms with Crippen molar-refractivity contribution in [3.05, 3.63) is 12.2 Å². The average molecular weight is 260 g/mol. The highest BCUT2D eigenvalue weighted by molar-refractivity contribution is 5.02. The minimum absolute atomic E-state index is 0.745. The molecule has 1 aromatic heterocycles. The Morgan fingerprint density at radius 1 is 1.16 bits per heavy atom. The molecule has 0 spiro atoms. The van der Waals surface area contributed by atoms with Crippen molar-refractivity contribution >= 4 is 0 Å². The Bertz CT molecular complexity index is 425. The Hall–Kier alpha value is -0.900. The van der Waals surface area contributed by atoms with Gasteiger partial charge in [0.2, 0.25) is 0 Å². The fourth-order valence-electron chi connectivity index (χ4n) is 5.15. The van der Waals surface area contributed by atoms with Gasteiger partial charge in [-0.15, -0.1) is 10.2 Å². The molecule has 104 valence electrons. The Balaban J connectivity index is 1.43. The van der Waals surface area contributed by atoms with Gasteiger partial charge in [0.05, 0.1) is 6.54 Å². The van der Waals surface area contributed by atoms with E-state index in [0.717, 1.165) is 48.6 Å². The molecule has 19 heavy (non-hydrogen) atoms. The van der Waals surface area contributed by atoms with Gasteiger partial charge in [0.1, 0.15) is 12.2 Å². The van der Waals surface area contributed by atoms with Crippen LogP contribution in [-0.4, -0.2) is 20.8 Å². The van der Waals surface area contributed by atoms with Crippen LogP contribution in [0.25, 0.3) is 0 Å². The molecule has 4 bridgehead atoms. The van der Waals surface area contributed by atoms with E-state index in [1.54, 1.807) is 0 Å². The third-order valence-corrected chi connectivity index (χ3v) is 5.76. The minimum Gasteiger partial charge on any atom is -0.317 e. The second kappa shape index (κ2) is 4.58. The fraction of sp³-hybridized carbons (Fsp3) is 0.867. The molecule has 4 saturated carbocycles. The van der Waals surface area contributed by atoms with Crippen LogP contribution in [0.3, 0.4) is 0 Å². The Kier molecular flexibility index (Phi) is 2.87. The highest BCUT2D eigenvalue weighted by Gasteiger charge is 2.47. The Labute approximate surface area is 115 Å². The van der Waals surface area contributed by atoms with Crippen molar-refractivity contribution < 1.29 is 0 Å². The summed E-state index contributed by atoms with van der Waals surface area (Å²) >= 11 is 0. The van der Waals surface area contributed by atoms with E-state index in [1.807, 2.05) is 6.33 Å². The van der Waals surface area contributed by atoms with E-state index in [4.69, 9.17) is 0 Å². The monoisotopic (exact) mass is 260 g/mol. The molecule has 0 aliphatic heterocycles. The topological polar surface area (TPSA) is 42.7 Å². The van der Waals surface area contributed by atoms with Crippen molar-refractivity contribution in [2.45, 2.75) is 58.2 Å². The molecule has 4 nitrogen and oxygen atoms in total. The third-order valence-electron chi connectivity index (χ3n) is 5.76. The van der Waals surface area contributed by atoms with Gasteiger partial charge in [-0.25, -0.2) is 0 Å². The lowest BCUT2D eigenvalue weighted by Gasteiger charge is -2.54. The first kappa shape index (κ1) is 11.9. The predicted octanol–water partition coefficient (Wildman–Crippen LogP) is 2.21. The maximum absolute atomic E-state index is 4.24. The first-order valence-corrected chi connectivity index (χ1v) is 7.93. The summed E-state index contributed by atoms with van der Waals surface area (Å²) < 4.78 is 2.14. The molecule has 0 saturated heterocycles. The number of rotatable bonds is 4. The Morgan fingerprint density at radius 2 is 1.84 bits per heavy atom. The maximum atomic E-state index is 4.24. The van der Waals surface area contributed by atoms with Crippen LogP contribution in [0.5, 0.6) is 0 Å². The van der Waals surface area contributed by atoms with E-state index in [1.165, 1.54) is 32.1 Å².